The fourth-order valence-corrected chi connectivity index (χ4v) is 3.37. The van der Waals surface area contributed by atoms with E-state index in [1.165, 1.54) is 14.2 Å². The highest BCUT2D eigenvalue weighted by Crippen LogP contribution is 2.30. The van der Waals surface area contributed by atoms with Crippen molar-refractivity contribution in [1.29, 1.82) is 0 Å². The number of anilines is 1. The zero-order chi connectivity index (χ0) is 21.8. The topological polar surface area (TPSA) is 77.1 Å². The van der Waals surface area contributed by atoms with Crippen LogP contribution in [-0.2, 0) is 11.3 Å². The molecule has 2 unspecified atom stereocenters. The van der Waals surface area contributed by atoms with Crippen molar-refractivity contribution in [2.24, 2.45) is 0 Å². The maximum Gasteiger partial charge on any atom is 0.263 e. The molecular weight excluding hydrogens is 384 g/mol. The molecule has 0 radical (unpaired) electrons. The maximum atomic E-state index is 12.8. The van der Waals surface area contributed by atoms with E-state index in [9.17, 15) is 9.59 Å². The summed E-state index contributed by atoms with van der Waals surface area (Å²) in [5, 5.41) is 2.90. The number of nitrogens with zero attached hydrogens (tertiary/aromatic N) is 1. The van der Waals surface area contributed by atoms with Crippen LogP contribution in [0.2, 0.25) is 0 Å². The molecule has 0 aromatic heterocycles. The molecule has 3 rings (SSSR count). The molecule has 1 aliphatic rings. The quantitative estimate of drug-likeness (QED) is 0.780. The molecule has 2 atom stereocenters. The number of nitrogens with one attached hydrogen (secondary N) is 1. The van der Waals surface area contributed by atoms with Crippen LogP contribution in [-0.4, -0.2) is 43.1 Å². The number of carbonyl (C=O) groups excluding carboxylic acids is 2. The number of hydrogen-bond donors (Lipinski definition) is 1. The standard InChI is InChI=1S/C23H28N2O5/c1-6-14(2)25-13-17-9-18(7-8-21(17)30-15(3)23(25)27)24-22(26)16-10-19(28-4)12-20(11-16)29-5/h7-12,14-15H,6,13H2,1-5H3,(H,24,26). The molecule has 0 saturated carbocycles. The highest BCUT2D eigenvalue weighted by atomic mass is 16.5. The van der Waals surface area contributed by atoms with Gasteiger partial charge in [-0.05, 0) is 50.6 Å². The zero-order valence-electron chi connectivity index (χ0n) is 18.0. The molecule has 0 fully saturated rings. The zero-order valence-corrected chi connectivity index (χ0v) is 18.0. The van der Waals surface area contributed by atoms with Crippen LogP contribution in [0.1, 0.15) is 43.1 Å². The van der Waals surface area contributed by atoms with E-state index >= 15 is 0 Å². The molecule has 2 amide bonds. The fraction of sp³-hybridized carbons (Fsp3) is 0.391. The second-order valence-corrected chi connectivity index (χ2v) is 7.36. The fourth-order valence-electron chi connectivity index (χ4n) is 3.37. The third-order valence-electron chi connectivity index (χ3n) is 5.33. The van der Waals surface area contributed by atoms with Gasteiger partial charge in [0.25, 0.3) is 11.8 Å². The van der Waals surface area contributed by atoms with Crippen LogP contribution in [0.4, 0.5) is 5.69 Å². The van der Waals surface area contributed by atoms with E-state index in [0.29, 0.717) is 35.0 Å². The first-order chi connectivity index (χ1) is 14.4. The van der Waals surface area contributed by atoms with E-state index < -0.39 is 6.10 Å². The Bertz CT molecular complexity index is 921. The van der Waals surface area contributed by atoms with Gasteiger partial charge in [-0.1, -0.05) is 6.92 Å². The van der Waals surface area contributed by atoms with Gasteiger partial charge in [0.2, 0.25) is 0 Å². The number of carbonyl (C=O) groups is 2. The molecule has 30 heavy (non-hydrogen) atoms. The molecule has 0 bridgehead atoms. The lowest BCUT2D eigenvalue weighted by Gasteiger charge is -2.28. The number of methoxy groups -OCH3 is 2. The second-order valence-electron chi connectivity index (χ2n) is 7.36. The monoisotopic (exact) mass is 412 g/mol. The van der Waals surface area contributed by atoms with Gasteiger partial charge in [-0.15, -0.1) is 0 Å². The molecule has 1 N–H and O–H groups in total. The van der Waals surface area contributed by atoms with Crippen LogP contribution in [0.15, 0.2) is 36.4 Å². The molecule has 0 spiro atoms. The average Bonchev–Trinajstić information content (AvgIpc) is 2.88. The van der Waals surface area contributed by atoms with Crippen molar-refractivity contribution in [2.45, 2.75) is 45.9 Å². The summed E-state index contributed by atoms with van der Waals surface area (Å²) < 4.78 is 16.3. The molecule has 160 valence electrons. The number of rotatable bonds is 6. The molecule has 7 nitrogen and oxygen atoms in total. The second kappa shape index (κ2) is 9.07. The van der Waals surface area contributed by atoms with Gasteiger partial charge in [-0.2, -0.15) is 0 Å². The van der Waals surface area contributed by atoms with Crippen LogP contribution in [0.3, 0.4) is 0 Å². The summed E-state index contributed by atoms with van der Waals surface area (Å²) in [7, 11) is 3.07. The Morgan fingerprint density at radius 3 is 2.47 bits per heavy atom. The van der Waals surface area contributed by atoms with Crippen LogP contribution >= 0.6 is 0 Å². The lowest BCUT2D eigenvalue weighted by atomic mass is 10.1. The smallest absolute Gasteiger partial charge is 0.263 e. The largest absolute Gasteiger partial charge is 0.497 e. The van der Waals surface area contributed by atoms with Gasteiger partial charge in [0.1, 0.15) is 17.2 Å². The third-order valence-corrected chi connectivity index (χ3v) is 5.33. The van der Waals surface area contributed by atoms with Crippen molar-refractivity contribution in [3.05, 3.63) is 47.5 Å². The van der Waals surface area contributed by atoms with Gasteiger partial charge >= 0.3 is 0 Å². The number of hydrogen-bond acceptors (Lipinski definition) is 5. The Labute approximate surface area is 176 Å². The van der Waals surface area contributed by atoms with Gasteiger partial charge in [0.15, 0.2) is 6.10 Å². The first kappa shape index (κ1) is 21.5. The summed E-state index contributed by atoms with van der Waals surface area (Å²) in [6.07, 6.45) is 0.298. The summed E-state index contributed by atoms with van der Waals surface area (Å²) in [5.41, 5.74) is 1.90. The van der Waals surface area contributed by atoms with Crippen molar-refractivity contribution in [3.8, 4) is 17.2 Å². The number of fused-ring (bicyclic) bond motifs is 1. The van der Waals surface area contributed by atoms with Gasteiger partial charge < -0.3 is 24.4 Å². The van der Waals surface area contributed by atoms with E-state index in [2.05, 4.69) is 5.32 Å². The van der Waals surface area contributed by atoms with Gasteiger partial charge in [0, 0.05) is 35.5 Å². The van der Waals surface area contributed by atoms with Crippen molar-refractivity contribution >= 4 is 17.5 Å². The third kappa shape index (κ3) is 4.50. The summed E-state index contributed by atoms with van der Waals surface area (Å²) >= 11 is 0. The van der Waals surface area contributed by atoms with Gasteiger partial charge in [0.05, 0.1) is 14.2 Å². The van der Waals surface area contributed by atoms with Crippen LogP contribution < -0.4 is 19.5 Å². The minimum Gasteiger partial charge on any atom is -0.497 e. The van der Waals surface area contributed by atoms with E-state index in [0.717, 1.165) is 12.0 Å². The van der Waals surface area contributed by atoms with Crippen LogP contribution in [0.25, 0.3) is 0 Å². The van der Waals surface area contributed by atoms with Crippen molar-refractivity contribution in [3.63, 3.8) is 0 Å². The molecule has 2 aromatic carbocycles. The molecular formula is C23H28N2O5. The Morgan fingerprint density at radius 1 is 1.20 bits per heavy atom. The lowest BCUT2D eigenvalue weighted by Crippen LogP contribution is -2.42. The molecule has 2 aromatic rings. The Hall–Kier alpha value is -3.22. The summed E-state index contributed by atoms with van der Waals surface area (Å²) in [6, 6.07) is 10.5. The highest BCUT2D eigenvalue weighted by molar-refractivity contribution is 6.05. The molecule has 1 aliphatic heterocycles. The minimum absolute atomic E-state index is 0.0328. The predicted octanol–water partition coefficient (Wildman–Crippen LogP) is 3.86. The van der Waals surface area contributed by atoms with E-state index in [1.54, 1.807) is 37.3 Å². The Balaban J connectivity index is 1.86. The molecule has 1 heterocycles. The Kier molecular flexibility index (Phi) is 6.50. The molecule has 0 saturated heterocycles. The first-order valence-electron chi connectivity index (χ1n) is 10.0. The van der Waals surface area contributed by atoms with E-state index in [1.807, 2.05) is 24.8 Å². The predicted molar refractivity (Wildman–Crippen MR) is 114 cm³/mol. The number of benzene rings is 2. The normalized spacial score (nSPS) is 16.8. The molecule has 0 aliphatic carbocycles. The van der Waals surface area contributed by atoms with Crippen molar-refractivity contribution in [2.75, 3.05) is 19.5 Å². The Morgan fingerprint density at radius 2 is 1.87 bits per heavy atom. The minimum atomic E-state index is -0.551. The maximum absolute atomic E-state index is 12.8. The van der Waals surface area contributed by atoms with Gasteiger partial charge in [-0.3, -0.25) is 9.59 Å². The van der Waals surface area contributed by atoms with E-state index in [-0.39, 0.29) is 17.9 Å². The van der Waals surface area contributed by atoms with Crippen LogP contribution in [0, 0.1) is 0 Å². The first-order valence-corrected chi connectivity index (χ1v) is 10.0. The number of amides is 2. The number of ether oxygens (including phenoxy) is 3. The summed E-state index contributed by atoms with van der Waals surface area (Å²) in [6.45, 7) is 6.27. The average molecular weight is 412 g/mol. The van der Waals surface area contributed by atoms with Gasteiger partial charge in [-0.25, -0.2) is 0 Å². The van der Waals surface area contributed by atoms with E-state index in [4.69, 9.17) is 14.2 Å². The highest BCUT2D eigenvalue weighted by Gasteiger charge is 2.30. The van der Waals surface area contributed by atoms with Crippen molar-refractivity contribution in [1.82, 2.24) is 4.90 Å². The SMILES string of the molecule is CCC(C)N1Cc2cc(NC(=O)c3cc(OC)cc(OC)c3)ccc2OC(C)C1=O. The van der Waals surface area contributed by atoms with Crippen molar-refractivity contribution < 1.29 is 23.8 Å². The van der Waals surface area contributed by atoms with Crippen LogP contribution in [0.5, 0.6) is 17.2 Å². The lowest BCUT2D eigenvalue weighted by molar-refractivity contribution is -0.139. The summed E-state index contributed by atoms with van der Waals surface area (Å²) in [5.74, 6) is 1.40. The summed E-state index contributed by atoms with van der Waals surface area (Å²) in [4.78, 5) is 27.3. The molecule has 7 heteroatoms.